The van der Waals surface area contributed by atoms with Crippen LogP contribution in [0.1, 0.15) is 17.3 Å². The summed E-state index contributed by atoms with van der Waals surface area (Å²) in [6.07, 6.45) is 0. The number of esters is 1. The number of carbonyl (C=O) groups excluding carboxylic acids is 1. The zero-order chi connectivity index (χ0) is 12.4. The fraction of sp³-hybridized carbons (Fsp3) is 0.167. The SMILES string of the molecule is CCOC(=O)c1cc2ccc(Cl)cc2[nH]c1=O. The quantitative estimate of drug-likeness (QED) is 0.834. The predicted octanol–water partition coefficient (Wildman–Crippen LogP) is 2.36. The minimum absolute atomic E-state index is 0.00155. The third-order valence-electron chi connectivity index (χ3n) is 2.30. The Balaban J connectivity index is 2.60. The number of benzene rings is 1. The molecule has 0 aliphatic rings. The number of nitrogens with one attached hydrogen (secondary N) is 1. The van der Waals surface area contributed by atoms with Crippen LogP contribution in [0.15, 0.2) is 29.1 Å². The van der Waals surface area contributed by atoms with Gasteiger partial charge < -0.3 is 9.72 Å². The number of fused-ring (bicyclic) bond motifs is 1. The molecule has 4 nitrogen and oxygen atoms in total. The molecular formula is C12H10ClNO3. The van der Waals surface area contributed by atoms with Gasteiger partial charge in [-0.05, 0) is 30.5 Å². The molecule has 1 aromatic carbocycles. The second-order valence-electron chi connectivity index (χ2n) is 3.46. The van der Waals surface area contributed by atoms with E-state index in [0.717, 1.165) is 5.39 Å². The van der Waals surface area contributed by atoms with Gasteiger partial charge in [0.2, 0.25) is 0 Å². The number of aromatic amines is 1. The Morgan fingerprint density at radius 1 is 1.41 bits per heavy atom. The van der Waals surface area contributed by atoms with Gasteiger partial charge in [0.15, 0.2) is 0 Å². The van der Waals surface area contributed by atoms with Crippen molar-refractivity contribution in [2.24, 2.45) is 0 Å². The van der Waals surface area contributed by atoms with Crippen LogP contribution in [-0.4, -0.2) is 17.6 Å². The zero-order valence-electron chi connectivity index (χ0n) is 9.12. The topological polar surface area (TPSA) is 59.2 Å². The second-order valence-corrected chi connectivity index (χ2v) is 3.90. The van der Waals surface area contributed by atoms with Crippen molar-refractivity contribution in [3.8, 4) is 0 Å². The molecular weight excluding hydrogens is 242 g/mol. The number of ether oxygens (including phenoxy) is 1. The normalized spacial score (nSPS) is 10.5. The Labute approximate surface area is 102 Å². The van der Waals surface area contributed by atoms with Gasteiger partial charge in [0.25, 0.3) is 5.56 Å². The van der Waals surface area contributed by atoms with Crippen molar-refractivity contribution in [1.29, 1.82) is 0 Å². The third-order valence-corrected chi connectivity index (χ3v) is 2.54. The van der Waals surface area contributed by atoms with Crippen molar-refractivity contribution in [2.75, 3.05) is 6.61 Å². The molecule has 0 fully saturated rings. The summed E-state index contributed by atoms with van der Waals surface area (Å²) < 4.78 is 4.80. The third kappa shape index (κ3) is 2.31. The molecule has 0 unspecified atom stereocenters. The van der Waals surface area contributed by atoms with Crippen LogP contribution in [0, 0.1) is 0 Å². The highest BCUT2D eigenvalue weighted by atomic mass is 35.5. The largest absolute Gasteiger partial charge is 0.462 e. The van der Waals surface area contributed by atoms with Crippen LogP contribution >= 0.6 is 11.6 Å². The standard InChI is InChI=1S/C12H10ClNO3/c1-2-17-12(16)9-5-7-3-4-8(13)6-10(7)14-11(9)15/h3-6H,2H2,1H3,(H,14,15). The summed E-state index contributed by atoms with van der Waals surface area (Å²) >= 11 is 5.81. The first-order valence-corrected chi connectivity index (χ1v) is 5.49. The highest BCUT2D eigenvalue weighted by Crippen LogP contribution is 2.17. The van der Waals surface area contributed by atoms with Crippen molar-refractivity contribution < 1.29 is 9.53 Å². The van der Waals surface area contributed by atoms with Crippen molar-refractivity contribution in [2.45, 2.75) is 6.92 Å². The van der Waals surface area contributed by atoms with Crippen molar-refractivity contribution in [3.63, 3.8) is 0 Å². The highest BCUT2D eigenvalue weighted by molar-refractivity contribution is 6.31. The monoisotopic (exact) mass is 251 g/mol. The molecule has 88 valence electrons. The molecule has 2 aromatic rings. The lowest BCUT2D eigenvalue weighted by atomic mass is 10.1. The second kappa shape index (κ2) is 4.59. The molecule has 5 heteroatoms. The minimum atomic E-state index is -0.620. The van der Waals surface area contributed by atoms with Gasteiger partial charge in [0.05, 0.1) is 6.61 Å². The van der Waals surface area contributed by atoms with Gasteiger partial charge >= 0.3 is 5.97 Å². The summed E-state index contributed by atoms with van der Waals surface area (Å²) in [5, 5.41) is 1.26. The van der Waals surface area contributed by atoms with E-state index in [1.54, 1.807) is 25.1 Å². The Hall–Kier alpha value is -1.81. The van der Waals surface area contributed by atoms with E-state index in [1.807, 2.05) is 0 Å². The molecule has 17 heavy (non-hydrogen) atoms. The fourth-order valence-electron chi connectivity index (χ4n) is 1.53. The first-order valence-electron chi connectivity index (χ1n) is 5.11. The van der Waals surface area contributed by atoms with E-state index in [1.165, 1.54) is 6.07 Å². The summed E-state index contributed by atoms with van der Waals surface area (Å²) in [4.78, 5) is 25.8. The Morgan fingerprint density at radius 2 is 2.18 bits per heavy atom. The number of halogens is 1. The Bertz CT molecular complexity index is 633. The van der Waals surface area contributed by atoms with Crippen molar-refractivity contribution >= 4 is 28.5 Å². The van der Waals surface area contributed by atoms with Crippen molar-refractivity contribution in [1.82, 2.24) is 4.98 Å². The molecule has 0 aliphatic carbocycles. The smallest absolute Gasteiger partial charge is 0.343 e. The Kier molecular flexibility index (Phi) is 3.15. The number of hydrogen-bond acceptors (Lipinski definition) is 3. The number of rotatable bonds is 2. The molecule has 0 bridgehead atoms. The van der Waals surface area contributed by atoms with Crippen LogP contribution in [0.2, 0.25) is 5.02 Å². The molecule has 0 radical (unpaired) electrons. The highest BCUT2D eigenvalue weighted by Gasteiger charge is 2.12. The molecule has 0 saturated carbocycles. The first kappa shape index (κ1) is 11.7. The van der Waals surface area contributed by atoms with Crippen LogP contribution in [0.4, 0.5) is 0 Å². The molecule has 0 aliphatic heterocycles. The number of pyridine rings is 1. The molecule has 0 saturated heterocycles. The maximum atomic E-state index is 11.7. The zero-order valence-corrected chi connectivity index (χ0v) is 9.88. The number of aromatic nitrogens is 1. The van der Waals surface area contributed by atoms with Crippen LogP contribution in [0.3, 0.4) is 0 Å². The van der Waals surface area contributed by atoms with Gasteiger partial charge in [-0.25, -0.2) is 4.79 Å². The van der Waals surface area contributed by atoms with Gasteiger partial charge in [-0.15, -0.1) is 0 Å². The lowest BCUT2D eigenvalue weighted by Crippen LogP contribution is -2.19. The molecule has 1 N–H and O–H groups in total. The van der Waals surface area contributed by atoms with E-state index >= 15 is 0 Å². The first-order chi connectivity index (χ1) is 8.11. The summed E-state index contributed by atoms with van der Waals surface area (Å²) in [7, 11) is 0. The summed E-state index contributed by atoms with van der Waals surface area (Å²) in [5.41, 5.74) is 0.121. The molecule has 2 rings (SSSR count). The van der Waals surface area contributed by atoms with Crippen LogP contribution < -0.4 is 5.56 Å². The lowest BCUT2D eigenvalue weighted by molar-refractivity contribution is 0.0524. The minimum Gasteiger partial charge on any atom is -0.462 e. The summed E-state index contributed by atoms with van der Waals surface area (Å²) in [6, 6.07) is 6.56. The molecule has 0 amide bonds. The summed E-state index contributed by atoms with van der Waals surface area (Å²) in [6.45, 7) is 1.92. The molecule has 0 spiro atoms. The van der Waals surface area contributed by atoms with E-state index in [0.29, 0.717) is 10.5 Å². The van der Waals surface area contributed by atoms with E-state index < -0.39 is 11.5 Å². The fourth-order valence-corrected chi connectivity index (χ4v) is 1.71. The van der Waals surface area contributed by atoms with E-state index in [2.05, 4.69) is 4.98 Å². The predicted molar refractivity (Wildman–Crippen MR) is 65.5 cm³/mol. The maximum absolute atomic E-state index is 11.7. The van der Waals surface area contributed by atoms with E-state index in [-0.39, 0.29) is 12.2 Å². The lowest BCUT2D eigenvalue weighted by Gasteiger charge is -2.03. The average molecular weight is 252 g/mol. The van der Waals surface area contributed by atoms with Gasteiger partial charge in [-0.3, -0.25) is 4.79 Å². The molecule has 0 atom stereocenters. The van der Waals surface area contributed by atoms with E-state index in [9.17, 15) is 9.59 Å². The number of H-pyrrole nitrogens is 1. The van der Waals surface area contributed by atoms with Gasteiger partial charge in [-0.2, -0.15) is 0 Å². The number of hydrogen-bond donors (Lipinski definition) is 1. The van der Waals surface area contributed by atoms with Gasteiger partial charge in [-0.1, -0.05) is 17.7 Å². The van der Waals surface area contributed by atoms with Crippen molar-refractivity contribution in [3.05, 3.63) is 45.2 Å². The molecule has 1 heterocycles. The number of carbonyl (C=O) groups is 1. The van der Waals surface area contributed by atoms with Crippen LogP contribution in [0.5, 0.6) is 0 Å². The Morgan fingerprint density at radius 3 is 2.88 bits per heavy atom. The average Bonchev–Trinajstić information content (AvgIpc) is 2.28. The molecule has 1 aromatic heterocycles. The summed E-state index contributed by atoms with van der Waals surface area (Å²) in [5.74, 6) is -0.620. The van der Waals surface area contributed by atoms with Crippen LogP contribution in [-0.2, 0) is 4.74 Å². The van der Waals surface area contributed by atoms with Gasteiger partial charge in [0, 0.05) is 10.5 Å². The van der Waals surface area contributed by atoms with Gasteiger partial charge in [0.1, 0.15) is 5.56 Å². The van der Waals surface area contributed by atoms with E-state index in [4.69, 9.17) is 16.3 Å². The van der Waals surface area contributed by atoms with Crippen LogP contribution in [0.25, 0.3) is 10.9 Å². The maximum Gasteiger partial charge on any atom is 0.343 e.